The zero-order valence-electron chi connectivity index (χ0n) is 15.4. The molecule has 2 aromatic heterocycles. The largest absolute Gasteiger partial charge is 0.488 e. The van der Waals surface area contributed by atoms with Crippen LogP contribution in [0.5, 0.6) is 5.75 Å². The summed E-state index contributed by atoms with van der Waals surface area (Å²) < 4.78 is 7.40. The number of aromatic nitrogens is 2. The second kappa shape index (κ2) is 7.85. The Morgan fingerprint density at radius 3 is 3.00 bits per heavy atom. The minimum atomic E-state index is -0.539. The summed E-state index contributed by atoms with van der Waals surface area (Å²) in [5, 5.41) is 8.93. The second-order valence-corrected chi connectivity index (χ2v) is 7.60. The fraction of sp³-hybridized carbons (Fsp3) is 0.250. The van der Waals surface area contributed by atoms with E-state index in [1.54, 1.807) is 58.6 Å². The van der Waals surface area contributed by atoms with Crippen LogP contribution in [-0.2, 0) is 18.4 Å². The van der Waals surface area contributed by atoms with Crippen LogP contribution in [0.15, 0.2) is 54.2 Å². The third-order valence-corrected chi connectivity index (χ3v) is 5.42. The molecule has 0 bridgehead atoms. The van der Waals surface area contributed by atoms with Gasteiger partial charge in [-0.2, -0.15) is 5.10 Å². The molecular weight excluding hydrogens is 376 g/mol. The summed E-state index contributed by atoms with van der Waals surface area (Å²) in [7, 11) is 1.80. The lowest BCUT2D eigenvalue weighted by atomic mass is 10.1. The molecule has 1 saturated heterocycles. The number of benzene rings is 1. The molecule has 0 saturated carbocycles. The summed E-state index contributed by atoms with van der Waals surface area (Å²) in [4.78, 5) is 28.0. The van der Waals surface area contributed by atoms with Crippen LogP contribution in [0.2, 0.25) is 0 Å². The van der Waals surface area contributed by atoms with Gasteiger partial charge in [0, 0.05) is 30.2 Å². The van der Waals surface area contributed by atoms with Crippen molar-refractivity contribution in [3.05, 3.63) is 64.6 Å². The number of thiophene rings is 1. The van der Waals surface area contributed by atoms with Gasteiger partial charge in [0.05, 0.1) is 11.9 Å². The molecular formula is C20H20N4O3S. The fourth-order valence-electron chi connectivity index (χ4n) is 3.14. The van der Waals surface area contributed by atoms with Gasteiger partial charge in [-0.3, -0.25) is 14.3 Å². The molecule has 3 aromatic rings. The van der Waals surface area contributed by atoms with Crippen LogP contribution in [0.25, 0.3) is 0 Å². The maximum Gasteiger partial charge on any atom is 0.252 e. The van der Waals surface area contributed by atoms with Gasteiger partial charge in [-0.1, -0.05) is 12.1 Å². The zero-order valence-corrected chi connectivity index (χ0v) is 16.2. The van der Waals surface area contributed by atoms with Crippen molar-refractivity contribution >= 4 is 28.8 Å². The van der Waals surface area contributed by atoms with Gasteiger partial charge in [-0.05, 0) is 36.1 Å². The Bertz CT molecular complexity index is 983. The van der Waals surface area contributed by atoms with Gasteiger partial charge in [0.2, 0.25) is 5.91 Å². The highest BCUT2D eigenvalue weighted by molar-refractivity contribution is 7.09. The Labute approximate surface area is 166 Å². The average molecular weight is 396 g/mol. The van der Waals surface area contributed by atoms with Crippen molar-refractivity contribution in [3.63, 3.8) is 0 Å². The predicted octanol–water partition coefficient (Wildman–Crippen LogP) is 2.60. The first-order valence-corrected chi connectivity index (χ1v) is 9.84. The van der Waals surface area contributed by atoms with E-state index in [1.165, 1.54) is 0 Å². The number of anilines is 1. The molecule has 2 amide bonds. The molecule has 4 rings (SSSR count). The van der Waals surface area contributed by atoms with Gasteiger partial charge >= 0.3 is 0 Å². The summed E-state index contributed by atoms with van der Waals surface area (Å²) in [5.74, 6) is 0.218. The fourth-order valence-corrected chi connectivity index (χ4v) is 3.75. The van der Waals surface area contributed by atoms with Gasteiger partial charge in [-0.25, -0.2) is 0 Å². The van der Waals surface area contributed by atoms with Crippen molar-refractivity contribution in [2.24, 2.45) is 7.05 Å². The van der Waals surface area contributed by atoms with Gasteiger partial charge in [0.1, 0.15) is 18.4 Å². The predicted molar refractivity (Wildman–Crippen MR) is 107 cm³/mol. The highest BCUT2D eigenvalue weighted by Gasteiger charge is 2.34. The van der Waals surface area contributed by atoms with E-state index in [-0.39, 0.29) is 11.8 Å². The van der Waals surface area contributed by atoms with Crippen LogP contribution in [-0.4, -0.2) is 34.2 Å². The van der Waals surface area contributed by atoms with E-state index < -0.39 is 6.04 Å². The van der Waals surface area contributed by atoms with Gasteiger partial charge < -0.3 is 15.0 Å². The number of carbonyl (C=O) groups is 2. The van der Waals surface area contributed by atoms with E-state index in [1.807, 2.05) is 23.6 Å². The number of carbonyl (C=O) groups excluding carboxylic acids is 2. The minimum absolute atomic E-state index is 0.119. The number of hydrogen-bond donors (Lipinski definition) is 1. The highest BCUT2D eigenvalue weighted by atomic mass is 32.1. The molecule has 1 unspecified atom stereocenters. The van der Waals surface area contributed by atoms with Crippen molar-refractivity contribution in [2.45, 2.75) is 19.1 Å². The zero-order chi connectivity index (χ0) is 19.5. The number of amides is 2. The lowest BCUT2D eigenvalue weighted by molar-refractivity contribution is -0.118. The normalized spacial score (nSPS) is 16.4. The molecule has 1 aromatic carbocycles. The van der Waals surface area contributed by atoms with E-state index in [0.717, 1.165) is 10.6 Å². The van der Waals surface area contributed by atoms with E-state index in [4.69, 9.17) is 4.74 Å². The Morgan fingerprint density at radius 1 is 1.36 bits per heavy atom. The smallest absolute Gasteiger partial charge is 0.252 e. The van der Waals surface area contributed by atoms with E-state index >= 15 is 0 Å². The molecule has 0 radical (unpaired) electrons. The van der Waals surface area contributed by atoms with Crippen molar-refractivity contribution < 1.29 is 14.3 Å². The van der Waals surface area contributed by atoms with Crippen LogP contribution in [0.4, 0.5) is 5.69 Å². The van der Waals surface area contributed by atoms with Crippen molar-refractivity contribution in [3.8, 4) is 5.75 Å². The number of ether oxygens (including phenoxy) is 1. The number of aryl methyl sites for hydroxylation is 1. The van der Waals surface area contributed by atoms with Crippen LogP contribution in [0.1, 0.15) is 21.7 Å². The molecule has 0 spiro atoms. The first-order chi connectivity index (χ1) is 13.6. The third kappa shape index (κ3) is 3.91. The van der Waals surface area contributed by atoms with E-state index in [2.05, 4.69) is 10.4 Å². The summed E-state index contributed by atoms with van der Waals surface area (Å²) >= 11 is 1.62. The number of hydrogen-bond acceptors (Lipinski definition) is 5. The van der Waals surface area contributed by atoms with Crippen LogP contribution in [0.3, 0.4) is 0 Å². The molecule has 1 atom stereocenters. The van der Waals surface area contributed by atoms with E-state index in [0.29, 0.717) is 30.9 Å². The molecule has 1 fully saturated rings. The minimum Gasteiger partial charge on any atom is -0.488 e. The molecule has 1 N–H and O–H groups in total. The quantitative estimate of drug-likeness (QED) is 0.695. The molecule has 8 heteroatoms. The summed E-state index contributed by atoms with van der Waals surface area (Å²) in [6.07, 6.45) is 4.00. The lowest BCUT2D eigenvalue weighted by Gasteiger charge is -2.15. The number of nitrogens with one attached hydrogen (secondary N) is 1. The Kier molecular flexibility index (Phi) is 5.12. The summed E-state index contributed by atoms with van der Waals surface area (Å²) in [5.41, 5.74) is 1.21. The van der Waals surface area contributed by atoms with Crippen molar-refractivity contribution in [1.29, 1.82) is 0 Å². The topological polar surface area (TPSA) is 76.5 Å². The Hall–Kier alpha value is -3.13. The second-order valence-electron chi connectivity index (χ2n) is 6.57. The van der Waals surface area contributed by atoms with Crippen molar-refractivity contribution in [1.82, 2.24) is 15.1 Å². The SMILES string of the molecule is Cn1cc(N2CCC(NC(=O)c3cccc(OCc4cccs4)c3)C2=O)cn1. The molecule has 1 aliphatic rings. The van der Waals surface area contributed by atoms with Crippen LogP contribution in [0, 0.1) is 0 Å². The average Bonchev–Trinajstić information content (AvgIpc) is 3.43. The monoisotopic (exact) mass is 396 g/mol. The maximum absolute atomic E-state index is 12.6. The van der Waals surface area contributed by atoms with Gasteiger partial charge in [0.15, 0.2) is 0 Å². The first kappa shape index (κ1) is 18.2. The molecule has 1 aliphatic heterocycles. The highest BCUT2D eigenvalue weighted by Crippen LogP contribution is 2.22. The molecule has 3 heterocycles. The van der Waals surface area contributed by atoms with E-state index in [9.17, 15) is 9.59 Å². The number of nitrogens with zero attached hydrogens (tertiary/aromatic N) is 3. The molecule has 28 heavy (non-hydrogen) atoms. The van der Waals surface area contributed by atoms with Gasteiger partial charge in [-0.15, -0.1) is 11.3 Å². The maximum atomic E-state index is 12.6. The first-order valence-electron chi connectivity index (χ1n) is 8.96. The number of rotatable bonds is 6. The Balaban J connectivity index is 1.38. The van der Waals surface area contributed by atoms with Crippen molar-refractivity contribution in [2.75, 3.05) is 11.4 Å². The standard InChI is InChI=1S/C20H20N4O3S/c1-23-12-15(11-21-23)24-8-7-18(20(24)26)22-19(25)14-4-2-5-16(10-14)27-13-17-6-3-9-28-17/h2-6,9-12,18H,7-8,13H2,1H3,(H,22,25). The van der Waals surface area contributed by atoms with Crippen LogP contribution >= 0.6 is 11.3 Å². The summed E-state index contributed by atoms with van der Waals surface area (Å²) in [6, 6.07) is 10.4. The summed E-state index contributed by atoms with van der Waals surface area (Å²) in [6.45, 7) is 1.02. The molecule has 7 nitrogen and oxygen atoms in total. The third-order valence-electron chi connectivity index (χ3n) is 4.57. The molecule has 144 valence electrons. The molecule has 0 aliphatic carbocycles. The lowest BCUT2D eigenvalue weighted by Crippen LogP contribution is -2.41. The van der Waals surface area contributed by atoms with Crippen LogP contribution < -0.4 is 15.0 Å². The van der Waals surface area contributed by atoms with Gasteiger partial charge in [0.25, 0.3) is 5.91 Å². The Morgan fingerprint density at radius 2 is 2.25 bits per heavy atom.